The Kier molecular flexibility index (Phi) is 3.54. The minimum absolute atomic E-state index is 0.280. The average Bonchev–Trinajstić information content (AvgIpc) is 2.16. The van der Waals surface area contributed by atoms with Gasteiger partial charge in [0.2, 0.25) is 0 Å². The van der Waals surface area contributed by atoms with E-state index < -0.39 is 0 Å². The van der Waals surface area contributed by atoms with Crippen molar-refractivity contribution in [2.24, 2.45) is 5.73 Å². The molecule has 1 atom stereocenters. The van der Waals surface area contributed by atoms with E-state index in [1.54, 1.807) is 7.11 Å². The van der Waals surface area contributed by atoms with Gasteiger partial charge in [0.1, 0.15) is 6.23 Å². The van der Waals surface area contributed by atoms with Crippen LogP contribution >= 0.6 is 0 Å². The van der Waals surface area contributed by atoms with Crippen LogP contribution in [0.5, 0.6) is 0 Å². The topological polar surface area (TPSA) is 73.3 Å². The third-order valence-electron chi connectivity index (χ3n) is 1.72. The number of nitrogens with two attached hydrogens (primary N) is 2. The van der Waals surface area contributed by atoms with Crippen LogP contribution in [-0.4, -0.2) is 19.9 Å². The van der Waals surface area contributed by atoms with Crippen LogP contribution in [0.1, 0.15) is 0 Å². The summed E-state index contributed by atoms with van der Waals surface area (Å²) < 4.78 is 4.89. The zero-order valence-corrected chi connectivity index (χ0v) is 7.66. The van der Waals surface area contributed by atoms with Gasteiger partial charge < -0.3 is 21.5 Å². The Morgan fingerprint density at radius 3 is 2.54 bits per heavy atom. The van der Waals surface area contributed by atoms with Gasteiger partial charge in [-0.1, -0.05) is 0 Å². The normalized spacial score (nSPS) is 12.5. The second kappa shape index (κ2) is 4.69. The second-order valence-corrected chi connectivity index (χ2v) is 2.78. The smallest absolute Gasteiger partial charge is 0.122 e. The Morgan fingerprint density at radius 1 is 1.38 bits per heavy atom. The summed E-state index contributed by atoms with van der Waals surface area (Å²) in [6.07, 6.45) is -0.280. The molecule has 0 fully saturated rings. The van der Waals surface area contributed by atoms with Crippen molar-refractivity contribution in [1.29, 1.82) is 0 Å². The first-order chi connectivity index (χ1) is 6.22. The van der Waals surface area contributed by atoms with Crippen molar-refractivity contribution in [3.8, 4) is 0 Å². The summed E-state index contributed by atoms with van der Waals surface area (Å²) in [5.74, 6) is 0. The maximum atomic E-state index is 5.54. The molecule has 0 aromatic heterocycles. The third kappa shape index (κ3) is 3.31. The molecule has 0 bridgehead atoms. The highest BCUT2D eigenvalue weighted by Gasteiger charge is 1.98. The summed E-state index contributed by atoms with van der Waals surface area (Å²) in [6.45, 7) is 0.584. The molecule has 1 aromatic carbocycles. The molecule has 13 heavy (non-hydrogen) atoms. The van der Waals surface area contributed by atoms with Gasteiger partial charge in [-0.3, -0.25) is 0 Å². The van der Waals surface area contributed by atoms with Gasteiger partial charge in [-0.2, -0.15) is 0 Å². The maximum absolute atomic E-state index is 5.54. The zero-order chi connectivity index (χ0) is 9.68. The van der Waals surface area contributed by atoms with E-state index in [-0.39, 0.29) is 6.23 Å². The molecular weight excluding hydrogens is 166 g/mol. The van der Waals surface area contributed by atoms with E-state index in [1.165, 1.54) is 0 Å². The summed E-state index contributed by atoms with van der Waals surface area (Å²) in [7, 11) is 1.58. The van der Waals surface area contributed by atoms with Crippen LogP contribution in [0.25, 0.3) is 0 Å². The van der Waals surface area contributed by atoms with E-state index >= 15 is 0 Å². The quantitative estimate of drug-likeness (QED) is 0.470. The van der Waals surface area contributed by atoms with E-state index in [9.17, 15) is 0 Å². The monoisotopic (exact) mass is 181 g/mol. The number of anilines is 2. The average molecular weight is 181 g/mol. The van der Waals surface area contributed by atoms with Gasteiger partial charge in [-0.15, -0.1) is 0 Å². The van der Waals surface area contributed by atoms with Gasteiger partial charge in [0, 0.05) is 18.5 Å². The van der Waals surface area contributed by atoms with E-state index in [0.717, 1.165) is 11.4 Å². The van der Waals surface area contributed by atoms with Gasteiger partial charge in [0.05, 0.1) is 6.54 Å². The number of rotatable bonds is 4. The van der Waals surface area contributed by atoms with Crippen molar-refractivity contribution in [3.05, 3.63) is 24.3 Å². The number of methoxy groups -OCH3 is 1. The maximum Gasteiger partial charge on any atom is 0.122 e. The summed E-state index contributed by atoms with van der Waals surface area (Å²) >= 11 is 0. The molecule has 0 saturated carbocycles. The number of benzene rings is 1. The minimum atomic E-state index is -0.280. The van der Waals surface area contributed by atoms with Crippen molar-refractivity contribution in [3.63, 3.8) is 0 Å². The van der Waals surface area contributed by atoms with Crippen molar-refractivity contribution >= 4 is 11.4 Å². The first-order valence-electron chi connectivity index (χ1n) is 4.10. The molecule has 0 spiro atoms. The van der Waals surface area contributed by atoms with Crippen molar-refractivity contribution in [1.82, 2.24) is 0 Å². The number of nitrogens with one attached hydrogen (secondary N) is 1. The minimum Gasteiger partial charge on any atom is -0.399 e. The lowest BCUT2D eigenvalue weighted by atomic mass is 10.3. The lowest BCUT2D eigenvalue weighted by Crippen LogP contribution is -2.30. The van der Waals surface area contributed by atoms with Crippen LogP contribution in [0.4, 0.5) is 11.4 Å². The predicted molar refractivity (Wildman–Crippen MR) is 54.3 cm³/mol. The van der Waals surface area contributed by atoms with Gasteiger partial charge in [-0.25, -0.2) is 0 Å². The van der Waals surface area contributed by atoms with Gasteiger partial charge in [0.25, 0.3) is 0 Å². The summed E-state index contributed by atoms with van der Waals surface area (Å²) in [6, 6.07) is 7.47. The standard InChI is InChI=1S/C9H15N3O/c1-13-9(11)6-12-8-4-2-7(10)3-5-8/h2-5,9,12H,6,10-11H2,1H3. The van der Waals surface area contributed by atoms with E-state index in [1.807, 2.05) is 24.3 Å². The fourth-order valence-electron chi connectivity index (χ4n) is 0.903. The number of hydrogen-bond acceptors (Lipinski definition) is 4. The molecule has 0 aliphatic rings. The summed E-state index contributed by atoms with van der Waals surface area (Å²) in [4.78, 5) is 0. The van der Waals surface area contributed by atoms with Crippen LogP contribution in [-0.2, 0) is 4.74 Å². The molecular formula is C9H15N3O. The fraction of sp³-hybridized carbons (Fsp3) is 0.333. The zero-order valence-electron chi connectivity index (χ0n) is 7.66. The molecule has 4 heteroatoms. The largest absolute Gasteiger partial charge is 0.399 e. The molecule has 1 rings (SSSR count). The highest BCUT2D eigenvalue weighted by Crippen LogP contribution is 2.09. The summed E-state index contributed by atoms with van der Waals surface area (Å²) in [5.41, 5.74) is 12.8. The molecule has 4 nitrogen and oxygen atoms in total. The molecule has 0 aliphatic heterocycles. The molecule has 1 aromatic rings. The first-order valence-corrected chi connectivity index (χ1v) is 4.10. The summed E-state index contributed by atoms with van der Waals surface area (Å²) in [5, 5.41) is 3.12. The Labute approximate surface area is 77.9 Å². The molecule has 5 N–H and O–H groups in total. The van der Waals surface area contributed by atoms with Gasteiger partial charge >= 0.3 is 0 Å². The SMILES string of the molecule is COC(N)CNc1ccc(N)cc1. The van der Waals surface area contributed by atoms with Gasteiger partial charge in [-0.05, 0) is 24.3 Å². The predicted octanol–water partition coefficient (Wildman–Crippen LogP) is 0.612. The van der Waals surface area contributed by atoms with Crippen LogP contribution in [0.2, 0.25) is 0 Å². The number of hydrogen-bond donors (Lipinski definition) is 3. The molecule has 0 amide bonds. The van der Waals surface area contributed by atoms with Crippen molar-refractivity contribution in [2.45, 2.75) is 6.23 Å². The van der Waals surface area contributed by atoms with Crippen molar-refractivity contribution < 1.29 is 4.74 Å². The number of ether oxygens (including phenoxy) is 1. The third-order valence-corrected chi connectivity index (χ3v) is 1.72. The van der Waals surface area contributed by atoms with Crippen molar-refractivity contribution in [2.75, 3.05) is 24.7 Å². The Hall–Kier alpha value is -1.26. The number of nitrogen functional groups attached to an aromatic ring is 1. The van der Waals surface area contributed by atoms with Gasteiger partial charge in [0.15, 0.2) is 0 Å². The lowest BCUT2D eigenvalue weighted by molar-refractivity contribution is 0.119. The Bertz CT molecular complexity index is 248. The highest BCUT2D eigenvalue weighted by atomic mass is 16.5. The lowest BCUT2D eigenvalue weighted by Gasteiger charge is -2.11. The Balaban J connectivity index is 2.41. The van der Waals surface area contributed by atoms with Crippen LogP contribution in [0.15, 0.2) is 24.3 Å². The molecule has 1 unspecified atom stereocenters. The first kappa shape index (κ1) is 9.83. The second-order valence-electron chi connectivity index (χ2n) is 2.78. The molecule has 72 valence electrons. The highest BCUT2D eigenvalue weighted by molar-refractivity contribution is 5.51. The molecule has 0 aliphatic carbocycles. The Morgan fingerprint density at radius 2 is 2.00 bits per heavy atom. The van der Waals surface area contributed by atoms with E-state index in [2.05, 4.69) is 5.32 Å². The molecule has 0 radical (unpaired) electrons. The van der Waals surface area contributed by atoms with Crippen LogP contribution in [0.3, 0.4) is 0 Å². The molecule has 0 heterocycles. The van der Waals surface area contributed by atoms with E-state index in [0.29, 0.717) is 6.54 Å². The fourth-order valence-corrected chi connectivity index (χ4v) is 0.903. The van der Waals surface area contributed by atoms with Crippen LogP contribution < -0.4 is 16.8 Å². The van der Waals surface area contributed by atoms with E-state index in [4.69, 9.17) is 16.2 Å². The van der Waals surface area contributed by atoms with Crippen LogP contribution in [0, 0.1) is 0 Å². The molecule has 0 saturated heterocycles.